The number of pyridine rings is 1. The molecule has 0 amide bonds. The Bertz CT molecular complexity index is 733. The van der Waals surface area contributed by atoms with Crippen LogP contribution in [-0.2, 0) is 19.5 Å². The second kappa shape index (κ2) is 6.91. The van der Waals surface area contributed by atoms with Gasteiger partial charge in [0, 0.05) is 6.20 Å². The normalized spacial score (nSPS) is 10.1. The van der Waals surface area contributed by atoms with E-state index in [-0.39, 0.29) is 22.8 Å². The Morgan fingerprint density at radius 3 is 3.05 bits per heavy atom. The topological polar surface area (TPSA) is 59.8 Å². The molecule has 2 heterocycles. The Labute approximate surface area is 128 Å². The van der Waals surface area contributed by atoms with Gasteiger partial charge in [-0.3, -0.25) is 9.78 Å². The second-order valence-electron chi connectivity index (χ2n) is 4.35. The van der Waals surface area contributed by atoms with E-state index in [1.165, 1.54) is 10.9 Å². The highest BCUT2D eigenvalue weighted by atomic mass is 35.5. The second-order valence-corrected chi connectivity index (χ2v) is 4.76. The van der Waals surface area contributed by atoms with Crippen molar-refractivity contribution in [3.05, 3.63) is 51.2 Å². The van der Waals surface area contributed by atoms with E-state index in [9.17, 15) is 4.79 Å². The zero-order valence-electron chi connectivity index (χ0n) is 11.6. The zero-order valence-corrected chi connectivity index (χ0v) is 12.4. The minimum atomic E-state index is -0.338. The highest BCUT2D eigenvalue weighted by Crippen LogP contribution is 2.16. The number of aromatic nitrogens is 3. The van der Waals surface area contributed by atoms with Crippen LogP contribution in [0.1, 0.15) is 18.2 Å². The Hall–Kier alpha value is -2.32. The summed E-state index contributed by atoms with van der Waals surface area (Å²) in [5.41, 5.74) is 1.96. The number of nitrogens with zero attached hydrogens (tertiary/aromatic N) is 3. The number of nitrogens with one attached hydrogen (secondary N) is 1. The maximum absolute atomic E-state index is 12.2. The maximum atomic E-state index is 12.2. The fourth-order valence-corrected chi connectivity index (χ4v) is 2.14. The summed E-state index contributed by atoms with van der Waals surface area (Å²) in [6.45, 7) is 2.58. The SMILES string of the molecule is C#CCn1ncc(Cl)c(NCc2ncccc2CC)c1=O. The first-order chi connectivity index (χ1) is 10.2. The van der Waals surface area contributed by atoms with Crippen molar-refractivity contribution >= 4 is 17.3 Å². The highest BCUT2D eigenvalue weighted by molar-refractivity contribution is 6.32. The van der Waals surface area contributed by atoms with Crippen LogP contribution in [0.3, 0.4) is 0 Å². The molecule has 0 saturated heterocycles. The van der Waals surface area contributed by atoms with Crippen LogP contribution in [0.15, 0.2) is 29.3 Å². The van der Waals surface area contributed by atoms with E-state index < -0.39 is 0 Å². The number of terminal acetylenes is 1. The lowest BCUT2D eigenvalue weighted by Gasteiger charge is -2.11. The lowest BCUT2D eigenvalue weighted by Crippen LogP contribution is -2.26. The molecule has 2 aromatic heterocycles. The van der Waals surface area contributed by atoms with Crippen LogP contribution in [-0.4, -0.2) is 14.8 Å². The van der Waals surface area contributed by atoms with E-state index in [0.29, 0.717) is 6.54 Å². The van der Waals surface area contributed by atoms with Gasteiger partial charge < -0.3 is 5.32 Å². The molecule has 0 saturated carbocycles. The molecule has 0 aliphatic carbocycles. The van der Waals surface area contributed by atoms with Crippen molar-refractivity contribution in [2.24, 2.45) is 0 Å². The molecule has 6 heteroatoms. The van der Waals surface area contributed by atoms with Gasteiger partial charge in [-0.1, -0.05) is 30.5 Å². The molecule has 0 radical (unpaired) electrons. The van der Waals surface area contributed by atoms with Crippen molar-refractivity contribution in [1.29, 1.82) is 0 Å². The first-order valence-electron chi connectivity index (χ1n) is 6.53. The Kier molecular flexibility index (Phi) is 4.96. The fraction of sp³-hybridized carbons (Fsp3) is 0.267. The first-order valence-corrected chi connectivity index (χ1v) is 6.90. The Morgan fingerprint density at radius 2 is 2.33 bits per heavy atom. The van der Waals surface area contributed by atoms with Crippen LogP contribution >= 0.6 is 11.6 Å². The zero-order chi connectivity index (χ0) is 15.2. The van der Waals surface area contributed by atoms with Crippen LogP contribution in [0, 0.1) is 12.3 Å². The summed E-state index contributed by atoms with van der Waals surface area (Å²) in [4.78, 5) is 16.5. The smallest absolute Gasteiger partial charge is 0.292 e. The average Bonchev–Trinajstić information content (AvgIpc) is 2.50. The third-order valence-electron chi connectivity index (χ3n) is 3.04. The number of rotatable bonds is 5. The highest BCUT2D eigenvalue weighted by Gasteiger charge is 2.10. The molecule has 5 nitrogen and oxygen atoms in total. The van der Waals surface area contributed by atoms with Crippen molar-refractivity contribution in [3.8, 4) is 12.3 Å². The van der Waals surface area contributed by atoms with Gasteiger partial charge in [-0.25, -0.2) is 4.68 Å². The van der Waals surface area contributed by atoms with Gasteiger partial charge in [-0.05, 0) is 18.1 Å². The quantitative estimate of drug-likeness (QED) is 0.859. The van der Waals surface area contributed by atoms with Crippen LogP contribution < -0.4 is 10.9 Å². The molecule has 0 atom stereocenters. The number of hydrogen-bond donors (Lipinski definition) is 1. The van der Waals surface area contributed by atoms with E-state index in [2.05, 4.69) is 28.2 Å². The van der Waals surface area contributed by atoms with Crippen LogP contribution in [0.5, 0.6) is 0 Å². The summed E-state index contributed by atoms with van der Waals surface area (Å²) >= 11 is 6.03. The molecule has 0 aromatic carbocycles. The summed E-state index contributed by atoms with van der Waals surface area (Å²) < 4.78 is 1.19. The summed E-state index contributed by atoms with van der Waals surface area (Å²) in [6.07, 6.45) is 9.21. The van der Waals surface area contributed by atoms with Crippen LogP contribution in [0.2, 0.25) is 5.02 Å². The van der Waals surface area contributed by atoms with Gasteiger partial charge >= 0.3 is 0 Å². The molecular weight excluding hydrogens is 288 g/mol. The molecule has 0 aliphatic rings. The van der Waals surface area contributed by atoms with Crippen molar-refractivity contribution in [3.63, 3.8) is 0 Å². The van der Waals surface area contributed by atoms with Gasteiger partial charge in [0.1, 0.15) is 12.2 Å². The van der Waals surface area contributed by atoms with Crippen molar-refractivity contribution < 1.29 is 0 Å². The van der Waals surface area contributed by atoms with E-state index in [1.807, 2.05) is 12.1 Å². The average molecular weight is 303 g/mol. The molecular formula is C15H15ClN4O. The van der Waals surface area contributed by atoms with E-state index in [0.717, 1.165) is 17.7 Å². The van der Waals surface area contributed by atoms with Crippen molar-refractivity contribution in [1.82, 2.24) is 14.8 Å². The molecule has 0 bridgehead atoms. The molecule has 0 spiro atoms. The maximum Gasteiger partial charge on any atom is 0.292 e. The predicted molar refractivity (Wildman–Crippen MR) is 83.3 cm³/mol. The summed E-state index contributed by atoms with van der Waals surface area (Å²) in [7, 11) is 0. The first kappa shape index (κ1) is 15.1. The lowest BCUT2D eigenvalue weighted by molar-refractivity contribution is 0.664. The van der Waals surface area contributed by atoms with Gasteiger partial charge in [0.15, 0.2) is 0 Å². The molecule has 1 N–H and O–H groups in total. The molecule has 108 valence electrons. The number of halogens is 1. The number of hydrogen-bond acceptors (Lipinski definition) is 4. The summed E-state index contributed by atoms with van der Waals surface area (Å²) in [5, 5.41) is 7.19. The summed E-state index contributed by atoms with van der Waals surface area (Å²) in [5.74, 6) is 2.38. The minimum absolute atomic E-state index is 0.106. The van der Waals surface area contributed by atoms with E-state index >= 15 is 0 Å². The lowest BCUT2D eigenvalue weighted by atomic mass is 10.1. The fourth-order valence-electron chi connectivity index (χ4n) is 1.95. The Morgan fingerprint density at radius 1 is 1.52 bits per heavy atom. The van der Waals surface area contributed by atoms with Gasteiger partial charge in [0.05, 0.1) is 23.5 Å². The largest absolute Gasteiger partial charge is 0.374 e. The third kappa shape index (κ3) is 3.41. The van der Waals surface area contributed by atoms with Crippen LogP contribution in [0.4, 0.5) is 5.69 Å². The monoisotopic (exact) mass is 302 g/mol. The minimum Gasteiger partial charge on any atom is -0.374 e. The molecule has 0 aliphatic heterocycles. The summed E-state index contributed by atoms with van der Waals surface area (Å²) in [6, 6.07) is 3.90. The van der Waals surface area contributed by atoms with Crippen molar-refractivity contribution in [2.45, 2.75) is 26.4 Å². The third-order valence-corrected chi connectivity index (χ3v) is 3.32. The van der Waals surface area contributed by atoms with E-state index in [4.69, 9.17) is 18.0 Å². The van der Waals surface area contributed by atoms with Crippen molar-refractivity contribution in [2.75, 3.05) is 5.32 Å². The Balaban J connectivity index is 2.26. The molecule has 2 rings (SSSR count). The van der Waals surface area contributed by atoms with Gasteiger partial charge in [-0.15, -0.1) is 6.42 Å². The standard InChI is InChI=1S/C15H15ClN4O/c1-3-8-20-15(21)14(12(16)9-19-20)18-10-13-11(4-2)6-5-7-17-13/h1,5-7,9,18H,4,8,10H2,2H3. The molecule has 0 fully saturated rings. The van der Waals surface area contributed by atoms with E-state index in [1.54, 1.807) is 6.20 Å². The molecule has 21 heavy (non-hydrogen) atoms. The number of aryl methyl sites for hydroxylation is 1. The number of anilines is 1. The van der Waals surface area contributed by atoms with Gasteiger partial charge in [0.25, 0.3) is 5.56 Å². The van der Waals surface area contributed by atoms with Gasteiger partial charge in [0.2, 0.25) is 0 Å². The van der Waals surface area contributed by atoms with Gasteiger partial charge in [-0.2, -0.15) is 5.10 Å². The van der Waals surface area contributed by atoms with Crippen LogP contribution in [0.25, 0.3) is 0 Å². The molecule has 0 unspecified atom stereocenters. The predicted octanol–water partition coefficient (Wildman–Crippen LogP) is 2.10. The molecule has 2 aromatic rings.